The van der Waals surface area contributed by atoms with Crippen LogP contribution in [0.1, 0.15) is 33.9 Å². The fourth-order valence-electron chi connectivity index (χ4n) is 2.06. The van der Waals surface area contributed by atoms with Crippen molar-refractivity contribution in [3.05, 3.63) is 33.9 Å². The highest BCUT2D eigenvalue weighted by molar-refractivity contribution is 5.33. The number of hydrogen-bond donors (Lipinski definition) is 2. The van der Waals surface area contributed by atoms with Gasteiger partial charge in [0.1, 0.15) is 11.1 Å². The molecule has 5 nitrogen and oxygen atoms in total. The van der Waals surface area contributed by atoms with Gasteiger partial charge in [-0.15, -0.1) is 0 Å². The Morgan fingerprint density at radius 1 is 0.371 bits per heavy atom. The SMILES string of the molecule is FC(F)(F)c1n[nH]c(C(F)(F)F)c1C(F)(F)F.FC(F)(F)c1n[nH]c(C(F)(F)F)c1C(F)(F)F.O. The van der Waals surface area contributed by atoms with Crippen molar-refractivity contribution in [1.82, 2.24) is 20.4 Å². The topological polar surface area (TPSA) is 88.9 Å². The second kappa shape index (κ2) is 9.29. The molecule has 2 heterocycles. The van der Waals surface area contributed by atoms with Crippen LogP contribution in [0, 0.1) is 0 Å². The van der Waals surface area contributed by atoms with Gasteiger partial charge in [0, 0.05) is 0 Å². The van der Waals surface area contributed by atoms with Crippen LogP contribution in [-0.2, 0) is 37.1 Å². The van der Waals surface area contributed by atoms with Gasteiger partial charge in [-0.1, -0.05) is 0 Å². The highest BCUT2D eigenvalue weighted by Crippen LogP contribution is 2.46. The van der Waals surface area contributed by atoms with Crippen LogP contribution in [0.25, 0.3) is 0 Å². The van der Waals surface area contributed by atoms with Crippen molar-refractivity contribution in [1.29, 1.82) is 0 Å². The Labute approximate surface area is 177 Å². The maximum Gasteiger partial charge on any atom is 0.435 e. The fraction of sp³-hybridized carbons (Fsp3) is 0.500. The summed E-state index contributed by atoms with van der Waals surface area (Å²) in [7, 11) is 0. The van der Waals surface area contributed by atoms with E-state index < -0.39 is 71.0 Å². The summed E-state index contributed by atoms with van der Waals surface area (Å²) in [5.74, 6) is 0. The van der Waals surface area contributed by atoms with Crippen molar-refractivity contribution in [2.75, 3.05) is 0 Å². The van der Waals surface area contributed by atoms with E-state index in [1.165, 1.54) is 0 Å². The van der Waals surface area contributed by atoms with Crippen molar-refractivity contribution in [3.63, 3.8) is 0 Å². The number of nitrogens with one attached hydrogen (secondary N) is 2. The zero-order valence-corrected chi connectivity index (χ0v) is 15.2. The molecule has 0 aliphatic rings. The minimum absolute atomic E-state index is 0. The van der Waals surface area contributed by atoms with Gasteiger partial charge in [0.15, 0.2) is 22.8 Å². The van der Waals surface area contributed by atoms with Crippen LogP contribution >= 0.6 is 0 Å². The monoisotopic (exact) mass is 562 g/mol. The molecule has 4 N–H and O–H groups in total. The second-order valence-electron chi connectivity index (χ2n) is 5.63. The van der Waals surface area contributed by atoms with E-state index in [1.54, 1.807) is 0 Å². The van der Waals surface area contributed by atoms with Crippen LogP contribution in [0.2, 0.25) is 0 Å². The highest BCUT2D eigenvalue weighted by atomic mass is 19.4. The predicted octanol–water partition coefficient (Wildman–Crippen LogP) is 6.11. The first-order valence-electron chi connectivity index (χ1n) is 7.30. The Hall–Kier alpha value is -2.88. The van der Waals surface area contributed by atoms with Crippen LogP contribution in [-0.4, -0.2) is 25.9 Å². The molecule has 0 radical (unpaired) electrons. The average molecular weight is 562 g/mol. The summed E-state index contributed by atoms with van der Waals surface area (Å²) in [4.78, 5) is 0. The Morgan fingerprint density at radius 3 is 0.743 bits per heavy atom. The Balaban J connectivity index is 0.000000642. The van der Waals surface area contributed by atoms with Crippen LogP contribution in [0.15, 0.2) is 0 Å². The third-order valence-electron chi connectivity index (χ3n) is 3.20. The third-order valence-corrected chi connectivity index (χ3v) is 3.20. The maximum absolute atomic E-state index is 12.1. The molecular weight excluding hydrogens is 558 g/mol. The maximum atomic E-state index is 12.1. The molecule has 0 saturated carbocycles. The minimum atomic E-state index is -5.82. The van der Waals surface area contributed by atoms with E-state index in [0.717, 1.165) is 0 Å². The molecule has 0 atom stereocenters. The molecule has 204 valence electrons. The number of alkyl halides is 18. The summed E-state index contributed by atoms with van der Waals surface area (Å²) in [6.07, 6.45) is -34.1. The van der Waals surface area contributed by atoms with E-state index in [0.29, 0.717) is 10.2 Å². The minimum Gasteiger partial charge on any atom is -0.412 e. The molecule has 0 saturated heterocycles. The van der Waals surface area contributed by atoms with Crippen molar-refractivity contribution >= 4 is 0 Å². The Morgan fingerprint density at radius 2 is 0.600 bits per heavy atom. The lowest BCUT2D eigenvalue weighted by Gasteiger charge is -2.12. The Bertz CT molecular complexity index is 837. The molecule has 0 amide bonds. The van der Waals surface area contributed by atoms with Crippen molar-refractivity contribution in [2.45, 2.75) is 37.1 Å². The summed E-state index contributed by atoms with van der Waals surface area (Å²) in [6, 6.07) is 0. The molecule has 23 heteroatoms. The van der Waals surface area contributed by atoms with Crippen LogP contribution in [0.5, 0.6) is 0 Å². The quantitative estimate of drug-likeness (QED) is 0.380. The second-order valence-corrected chi connectivity index (χ2v) is 5.63. The van der Waals surface area contributed by atoms with E-state index >= 15 is 0 Å². The number of halogens is 18. The predicted molar refractivity (Wildman–Crippen MR) is 70.8 cm³/mol. The summed E-state index contributed by atoms with van der Waals surface area (Å²) in [5.41, 5.74) is -16.2. The van der Waals surface area contributed by atoms with E-state index in [9.17, 15) is 79.0 Å². The molecule has 0 spiro atoms. The number of rotatable bonds is 0. The zero-order chi connectivity index (χ0) is 27.3. The van der Waals surface area contributed by atoms with Gasteiger partial charge in [-0.05, 0) is 0 Å². The van der Waals surface area contributed by atoms with Gasteiger partial charge in [0.05, 0.1) is 0 Å². The molecule has 2 rings (SSSR count). The van der Waals surface area contributed by atoms with Gasteiger partial charge in [0.2, 0.25) is 0 Å². The van der Waals surface area contributed by atoms with E-state index in [4.69, 9.17) is 0 Å². The molecule has 35 heavy (non-hydrogen) atoms. The first-order valence-corrected chi connectivity index (χ1v) is 7.30. The van der Waals surface area contributed by atoms with Gasteiger partial charge in [0.25, 0.3) is 0 Å². The molecule has 0 aliphatic heterocycles. The normalized spacial score (nSPS) is 13.8. The molecular formula is C12H4F18N4O. The average Bonchev–Trinajstić information content (AvgIpc) is 3.17. The van der Waals surface area contributed by atoms with E-state index in [-0.39, 0.29) is 5.48 Å². The lowest BCUT2D eigenvalue weighted by molar-refractivity contribution is -0.174. The summed E-state index contributed by atoms with van der Waals surface area (Å²) < 4.78 is 217. The van der Waals surface area contributed by atoms with Gasteiger partial charge in [-0.25, -0.2) is 0 Å². The smallest absolute Gasteiger partial charge is 0.412 e. The number of nitrogens with zero attached hydrogens (tertiary/aromatic N) is 2. The lowest BCUT2D eigenvalue weighted by Crippen LogP contribution is -2.20. The number of H-pyrrole nitrogens is 2. The largest absolute Gasteiger partial charge is 0.435 e. The van der Waals surface area contributed by atoms with Crippen molar-refractivity contribution in [2.24, 2.45) is 0 Å². The van der Waals surface area contributed by atoms with Gasteiger partial charge in [-0.2, -0.15) is 89.2 Å². The van der Waals surface area contributed by atoms with Crippen LogP contribution < -0.4 is 0 Å². The van der Waals surface area contributed by atoms with Gasteiger partial charge >= 0.3 is 37.1 Å². The van der Waals surface area contributed by atoms with Crippen molar-refractivity contribution in [3.8, 4) is 0 Å². The standard InChI is InChI=1S/2C6HF9N2.H2O/c2*7-4(8,9)1-2(5(10,11)12)16-17-3(1)6(13,14)15;/h2*(H,16,17);1H2. The number of aromatic nitrogens is 4. The van der Waals surface area contributed by atoms with Gasteiger partial charge in [-0.3, -0.25) is 10.2 Å². The zero-order valence-electron chi connectivity index (χ0n) is 15.2. The van der Waals surface area contributed by atoms with E-state index in [2.05, 4.69) is 0 Å². The Kier molecular flexibility index (Phi) is 8.53. The lowest BCUT2D eigenvalue weighted by atomic mass is 10.1. The van der Waals surface area contributed by atoms with Crippen LogP contribution in [0.3, 0.4) is 0 Å². The van der Waals surface area contributed by atoms with Crippen LogP contribution in [0.4, 0.5) is 79.0 Å². The summed E-state index contributed by atoms with van der Waals surface area (Å²) >= 11 is 0. The first-order chi connectivity index (χ1) is 14.7. The third kappa shape index (κ3) is 7.55. The van der Waals surface area contributed by atoms with Crippen molar-refractivity contribution < 1.29 is 84.5 Å². The van der Waals surface area contributed by atoms with E-state index in [1.807, 2.05) is 10.2 Å². The fourth-order valence-corrected chi connectivity index (χ4v) is 2.06. The molecule has 0 aliphatic carbocycles. The molecule has 0 bridgehead atoms. The first kappa shape index (κ1) is 32.1. The molecule has 2 aromatic rings. The molecule has 0 aromatic carbocycles. The van der Waals surface area contributed by atoms with Gasteiger partial charge < -0.3 is 5.48 Å². The molecule has 2 aromatic heterocycles. The number of hydrogen-bond acceptors (Lipinski definition) is 2. The number of aromatic amines is 2. The molecule has 0 fully saturated rings. The highest BCUT2D eigenvalue weighted by Gasteiger charge is 2.54. The molecule has 0 unspecified atom stereocenters. The summed E-state index contributed by atoms with van der Waals surface area (Å²) in [6.45, 7) is 0. The summed E-state index contributed by atoms with van der Waals surface area (Å²) in [5, 5.41) is 5.49.